The van der Waals surface area contributed by atoms with Gasteiger partial charge in [-0.2, -0.15) is 0 Å². The average molecular weight is 287 g/mol. The van der Waals surface area contributed by atoms with Gasteiger partial charge >= 0.3 is 5.97 Å². The Morgan fingerprint density at radius 3 is 2.88 bits per heavy atom. The van der Waals surface area contributed by atoms with E-state index >= 15 is 0 Å². The number of halogens is 1. The number of carbonyl (C=O) groups is 1. The van der Waals surface area contributed by atoms with Gasteiger partial charge in [0.2, 0.25) is 0 Å². The fraction of sp³-hybridized carbons (Fsp3) is 0.300. The van der Waals surface area contributed by atoms with Crippen molar-refractivity contribution in [2.24, 2.45) is 5.16 Å². The lowest BCUT2D eigenvalue weighted by molar-refractivity contribution is -0.132. The number of ether oxygens (including phenoxy) is 1. The van der Waals surface area contributed by atoms with Gasteiger partial charge in [-0.05, 0) is 12.1 Å². The number of oxime groups is 1. The summed E-state index contributed by atoms with van der Waals surface area (Å²) in [5, 5.41) is 4.17. The highest BCUT2D eigenvalue weighted by molar-refractivity contribution is 9.08. The Bertz CT molecular complexity index is 407. The first kappa shape index (κ1) is 12.6. The van der Waals surface area contributed by atoms with Crippen LogP contribution < -0.4 is 0 Å². The number of esters is 1. The van der Waals surface area contributed by atoms with Crippen molar-refractivity contribution in [3.63, 3.8) is 0 Å². The number of alkyl halides is 1. The molecule has 0 aromatic carbocycles. The molecule has 5 nitrogen and oxygen atoms in total. The van der Waals surface area contributed by atoms with Crippen LogP contribution in [-0.4, -0.2) is 30.9 Å². The van der Waals surface area contributed by atoms with Gasteiger partial charge in [0.25, 0.3) is 0 Å². The maximum absolute atomic E-state index is 11.5. The van der Waals surface area contributed by atoms with E-state index in [2.05, 4.69) is 35.6 Å². The lowest BCUT2D eigenvalue weighted by Gasteiger charge is -2.06. The summed E-state index contributed by atoms with van der Waals surface area (Å²) >= 11 is 3.29. The Kier molecular flexibility index (Phi) is 4.91. The monoisotopic (exact) mass is 286 g/mol. The highest BCUT2D eigenvalue weighted by atomic mass is 79.9. The molecular weight excluding hydrogens is 276 g/mol. The standard InChI is InChI=1S/C10H11BrN2O3/c1-15-10(14)9(13-16-2)7-4-3-5-12-8(7)6-11/h3-5H,6H2,1-2H3/b13-9+. The van der Waals surface area contributed by atoms with Crippen LogP contribution in [0.4, 0.5) is 0 Å². The third-order valence-corrected chi connectivity index (χ3v) is 2.36. The zero-order valence-electron chi connectivity index (χ0n) is 8.94. The molecule has 86 valence electrons. The second kappa shape index (κ2) is 6.22. The Balaban J connectivity index is 3.21. The summed E-state index contributed by atoms with van der Waals surface area (Å²) in [5.74, 6) is -0.558. The van der Waals surface area contributed by atoms with Crippen LogP contribution >= 0.6 is 15.9 Å². The molecule has 0 bridgehead atoms. The zero-order valence-corrected chi connectivity index (χ0v) is 10.5. The molecule has 0 aliphatic rings. The first-order chi connectivity index (χ1) is 7.74. The number of methoxy groups -OCH3 is 1. The SMILES string of the molecule is CO/N=C(/C(=O)OC)c1cccnc1CBr. The van der Waals surface area contributed by atoms with Crippen LogP contribution in [0.15, 0.2) is 23.5 Å². The van der Waals surface area contributed by atoms with Crippen LogP contribution in [0.5, 0.6) is 0 Å². The summed E-state index contributed by atoms with van der Waals surface area (Å²) in [7, 11) is 2.66. The number of hydrogen-bond donors (Lipinski definition) is 0. The van der Waals surface area contributed by atoms with Gasteiger partial charge in [-0.3, -0.25) is 4.98 Å². The van der Waals surface area contributed by atoms with Gasteiger partial charge in [0.15, 0.2) is 5.71 Å². The number of aromatic nitrogens is 1. The fourth-order valence-electron chi connectivity index (χ4n) is 1.14. The highest BCUT2D eigenvalue weighted by Gasteiger charge is 2.19. The van der Waals surface area contributed by atoms with Crippen molar-refractivity contribution in [3.8, 4) is 0 Å². The van der Waals surface area contributed by atoms with E-state index in [1.165, 1.54) is 14.2 Å². The summed E-state index contributed by atoms with van der Waals surface area (Å²) in [6, 6.07) is 3.45. The summed E-state index contributed by atoms with van der Waals surface area (Å²) in [4.78, 5) is 20.2. The van der Waals surface area contributed by atoms with E-state index in [-0.39, 0.29) is 5.71 Å². The summed E-state index contributed by atoms with van der Waals surface area (Å²) in [6.07, 6.45) is 1.64. The molecule has 1 rings (SSSR count). The number of carbonyl (C=O) groups excluding carboxylic acids is 1. The molecule has 0 amide bonds. The van der Waals surface area contributed by atoms with Gasteiger partial charge in [0.1, 0.15) is 7.11 Å². The quantitative estimate of drug-likeness (QED) is 0.364. The van der Waals surface area contributed by atoms with Crippen LogP contribution in [0.3, 0.4) is 0 Å². The summed E-state index contributed by atoms with van der Waals surface area (Å²) in [5.41, 5.74) is 1.39. The number of nitrogens with zero attached hydrogens (tertiary/aromatic N) is 2. The molecule has 0 unspecified atom stereocenters. The van der Waals surface area contributed by atoms with Crippen LogP contribution in [0.2, 0.25) is 0 Å². The first-order valence-electron chi connectivity index (χ1n) is 4.44. The Morgan fingerprint density at radius 2 is 2.31 bits per heavy atom. The van der Waals surface area contributed by atoms with E-state index in [1.54, 1.807) is 18.3 Å². The predicted molar refractivity (Wildman–Crippen MR) is 62.4 cm³/mol. The molecule has 1 aromatic heterocycles. The molecule has 0 radical (unpaired) electrons. The van der Waals surface area contributed by atoms with Gasteiger partial charge in [0.05, 0.1) is 12.8 Å². The Morgan fingerprint density at radius 1 is 1.56 bits per heavy atom. The lowest BCUT2D eigenvalue weighted by atomic mass is 10.1. The van der Waals surface area contributed by atoms with Crippen LogP contribution in [0.1, 0.15) is 11.3 Å². The molecule has 0 saturated carbocycles. The van der Waals surface area contributed by atoms with E-state index in [0.29, 0.717) is 16.6 Å². The molecule has 0 aliphatic carbocycles. The first-order valence-corrected chi connectivity index (χ1v) is 5.56. The summed E-state index contributed by atoms with van der Waals surface area (Å²) in [6.45, 7) is 0. The zero-order chi connectivity index (χ0) is 12.0. The van der Waals surface area contributed by atoms with E-state index < -0.39 is 5.97 Å². The minimum atomic E-state index is -0.558. The molecule has 16 heavy (non-hydrogen) atoms. The minimum absolute atomic E-state index is 0.104. The smallest absolute Gasteiger partial charge is 0.360 e. The van der Waals surface area contributed by atoms with Gasteiger partial charge in [-0.25, -0.2) is 4.79 Å². The van der Waals surface area contributed by atoms with Crippen molar-refractivity contribution in [2.75, 3.05) is 14.2 Å². The average Bonchev–Trinajstić information content (AvgIpc) is 2.35. The van der Waals surface area contributed by atoms with Crippen LogP contribution in [0.25, 0.3) is 0 Å². The van der Waals surface area contributed by atoms with E-state index in [0.717, 1.165) is 0 Å². The maximum atomic E-state index is 11.5. The molecule has 0 N–H and O–H groups in total. The number of hydrogen-bond acceptors (Lipinski definition) is 5. The second-order valence-electron chi connectivity index (χ2n) is 2.75. The molecule has 0 aliphatic heterocycles. The number of pyridine rings is 1. The van der Waals surface area contributed by atoms with E-state index in [1.807, 2.05) is 0 Å². The van der Waals surface area contributed by atoms with Gasteiger partial charge in [-0.1, -0.05) is 21.1 Å². The van der Waals surface area contributed by atoms with Crippen molar-refractivity contribution >= 4 is 27.6 Å². The molecule has 1 aromatic rings. The van der Waals surface area contributed by atoms with Crippen LogP contribution in [0, 0.1) is 0 Å². The van der Waals surface area contributed by atoms with E-state index in [9.17, 15) is 4.79 Å². The van der Waals surface area contributed by atoms with Crippen molar-refractivity contribution in [1.82, 2.24) is 4.98 Å². The normalized spacial score (nSPS) is 11.1. The third-order valence-electron chi connectivity index (χ3n) is 1.83. The molecule has 0 spiro atoms. The molecule has 1 heterocycles. The van der Waals surface area contributed by atoms with Crippen molar-refractivity contribution in [2.45, 2.75) is 5.33 Å². The molecule has 0 fully saturated rings. The lowest BCUT2D eigenvalue weighted by Crippen LogP contribution is -2.19. The van der Waals surface area contributed by atoms with Crippen molar-refractivity contribution in [3.05, 3.63) is 29.6 Å². The van der Waals surface area contributed by atoms with Crippen molar-refractivity contribution in [1.29, 1.82) is 0 Å². The van der Waals surface area contributed by atoms with Crippen molar-refractivity contribution < 1.29 is 14.4 Å². The largest absolute Gasteiger partial charge is 0.464 e. The Labute approximate surface area is 102 Å². The highest BCUT2D eigenvalue weighted by Crippen LogP contribution is 2.11. The molecule has 0 atom stereocenters. The molecule has 0 saturated heterocycles. The van der Waals surface area contributed by atoms with Crippen LogP contribution in [-0.2, 0) is 19.7 Å². The maximum Gasteiger partial charge on any atom is 0.360 e. The summed E-state index contributed by atoms with van der Waals surface area (Å²) < 4.78 is 4.63. The Hall–Kier alpha value is -1.43. The number of rotatable bonds is 4. The second-order valence-corrected chi connectivity index (χ2v) is 3.31. The minimum Gasteiger partial charge on any atom is -0.464 e. The van der Waals surface area contributed by atoms with E-state index in [4.69, 9.17) is 0 Å². The van der Waals surface area contributed by atoms with Gasteiger partial charge in [0, 0.05) is 17.1 Å². The molecule has 6 heteroatoms. The molecular formula is C10H11BrN2O3. The topological polar surface area (TPSA) is 60.8 Å². The fourth-order valence-corrected chi connectivity index (χ4v) is 1.59. The van der Waals surface area contributed by atoms with Gasteiger partial charge in [-0.15, -0.1) is 0 Å². The third kappa shape index (κ3) is 2.79. The van der Waals surface area contributed by atoms with Gasteiger partial charge < -0.3 is 9.57 Å². The predicted octanol–water partition coefficient (Wildman–Crippen LogP) is 1.50.